The largest absolute Gasteiger partial charge is 0.487 e. The summed E-state index contributed by atoms with van der Waals surface area (Å²) in [6, 6.07) is 2.93. The maximum Gasteiger partial charge on any atom is 0.338 e. The summed E-state index contributed by atoms with van der Waals surface area (Å²) in [6.07, 6.45) is -0.351. The zero-order valence-corrected chi connectivity index (χ0v) is 15.0. The Balaban J connectivity index is 2.51. The minimum absolute atomic E-state index is 0.119. The molecule has 0 aromatic heterocycles. The van der Waals surface area contributed by atoms with Crippen LogP contribution in [0, 0.1) is 10.1 Å². The van der Waals surface area contributed by atoms with Crippen molar-refractivity contribution in [2.24, 2.45) is 0 Å². The molecule has 1 heterocycles. The third kappa shape index (κ3) is 4.11. The van der Waals surface area contributed by atoms with E-state index in [1.165, 1.54) is 12.1 Å². The number of nitro groups is 1. The SMILES string of the molecule is CCOc1ccc(C2NC(=O)NC(C)=C2C(=O)OC(C)C)cc1[N+](=O)[O-]. The third-order valence-electron chi connectivity index (χ3n) is 3.64. The number of allylic oxidation sites excluding steroid dienone is 1. The van der Waals surface area contributed by atoms with Crippen LogP contribution in [0.3, 0.4) is 0 Å². The van der Waals surface area contributed by atoms with Gasteiger partial charge in [0.1, 0.15) is 0 Å². The monoisotopic (exact) mass is 363 g/mol. The number of hydrogen-bond acceptors (Lipinski definition) is 6. The molecule has 26 heavy (non-hydrogen) atoms. The molecular formula is C17H21N3O6. The minimum Gasteiger partial charge on any atom is -0.487 e. The Morgan fingerprint density at radius 1 is 1.38 bits per heavy atom. The predicted octanol–water partition coefficient (Wildman–Crippen LogP) is 2.57. The fourth-order valence-corrected chi connectivity index (χ4v) is 2.63. The number of nitro benzene ring substituents is 1. The molecule has 0 aliphatic carbocycles. The number of carbonyl (C=O) groups excluding carboxylic acids is 2. The van der Waals surface area contributed by atoms with Crippen LogP contribution in [0.4, 0.5) is 10.5 Å². The molecule has 1 aliphatic heterocycles. The summed E-state index contributed by atoms with van der Waals surface area (Å²) in [4.78, 5) is 35.1. The zero-order chi connectivity index (χ0) is 19.4. The molecule has 0 fully saturated rings. The van der Waals surface area contributed by atoms with Gasteiger partial charge in [-0.25, -0.2) is 9.59 Å². The van der Waals surface area contributed by atoms with Crippen LogP contribution in [-0.4, -0.2) is 29.6 Å². The molecule has 0 radical (unpaired) electrons. The Morgan fingerprint density at radius 2 is 2.08 bits per heavy atom. The van der Waals surface area contributed by atoms with Crippen molar-refractivity contribution in [3.63, 3.8) is 0 Å². The van der Waals surface area contributed by atoms with Crippen LogP contribution in [0.15, 0.2) is 29.5 Å². The van der Waals surface area contributed by atoms with Gasteiger partial charge in [0.05, 0.1) is 29.2 Å². The van der Waals surface area contributed by atoms with E-state index in [4.69, 9.17) is 9.47 Å². The van der Waals surface area contributed by atoms with Crippen LogP contribution in [0.25, 0.3) is 0 Å². The molecule has 1 aromatic rings. The van der Waals surface area contributed by atoms with Crippen molar-refractivity contribution < 1.29 is 24.0 Å². The number of amides is 2. The molecule has 1 unspecified atom stereocenters. The summed E-state index contributed by atoms with van der Waals surface area (Å²) in [5.41, 5.74) is 0.661. The summed E-state index contributed by atoms with van der Waals surface area (Å²) in [6.45, 7) is 6.98. The highest BCUT2D eigenvalue weighted by Crippen LogP contribution is 2.34. The lowest BCUT2D eigenvalue weighted by Crippen LogP contribution is -2.45. The number of rotatable bonds is 6. The lowest BCUT2D eigenvalue weighted by Gasteiger charge is -2.28. The Bertz CT molecular complexity index is 772. The molecule has 0 saturated heterocycles. The highest BCUT2D eigenvalue weighted by atomic mass is 16.6. The molecule has 0 bridgehead atoms. The van der Waals surface area contributed by atoms with E-state index in [-0.39, 0.29) is 29.7 Å². The second-order valence-corrected chi connectivity index (χ2v) is 5.94. The number of urea groups is 1. The van der Waals surface area contributed by atoms with Crippen LogP contribution >= 0.6 is 0 Å². The lowest BCUT2D eigenvalue weighted by atomic mass is 9.95. The van der Waals surface area contributed by atoms with Crippen LogP contribution < -0.4 is 15.4 Å². The van der Waals surface area contributed by atoms with Crippen LogP contribution in [0.5, 0.6) is 5.75 Å². The third-order valence-corrected chi connectivity index (χ3v) is 3.64. The van der Waals surface area contributed by atoms with Crippen molar-refractivity contribution in [2.45, 2.75) is 39.8 Å². The van der Waals surface area contributed by atoms with E-state index >= 15 is 0 Å². The van der Waals surface area contributed by atoms with Gasteiger partial charge >= 0.3 is 17.7 Å². The molecule has 9 nitrogen and oxygen atoms in total. The molecule has 1 aromatic carbocycles. The van der Waals surface area contributed by atoms with Gasteiger partial charge in [0, 0.05) is 11.8 Å². The normalized spacial score (nSPS) is 16.8. The van der Waals surface area contributed by atoms with Gasteiger partial charge < -0.3 is 20.1 Å². The van der Waals surface area contributed by atoms with Crippen molar-refractivity contribution >= 4 is 17.7 Å². The number of esters is 1. The van der Waals surface area contributed by atoms with Gasteiger partial charge in [-0.15, -0.1) is 0 Å². The number of benzene rings is 1. The van der Waals surface area contributed by atoms with Crippen LogP contribution in [0.2, 0.25) is 0 Å². The first kappa shape index (κ1) is 19.2. The van der Waals surface area contributed by atoms with E-state index in [0.717, 1.165) is 0 Å². The van der Waals surface area contributed by atoms with Crippen molar-refractivity contribution in [3.8, 4) is 5.75 Å². The van der Waals surface area contributed by atoms with Gasteiger partial charge in [-0.05, 0) is 39.3 Å². The molecule has 1 aliphatic rings. The number of carbonyl (C=O) groups is 2. The van der Waals surface area contributed by atoms with E-state index < -0.39 is 23.0 Å². The van der Waals surface area contributed by atoms with E-state index in [0.29, 0.717) is 11.3 Å². The standard InChI is InChI=1S/C17H21N3O6/c1-5-25-13-7-6-11(8-12(13)20(23)24)15-14(16(21)26-9(2)3)10(4)18-17(22)19-15/h6-9,15H,5H2,1-4H3,(H2,18,19,22). The Hall–Kier alpha value is -3.10. The van der Waals surface area contributed by atoms with Crippen molar-refractivity contribution in [1.82, 2.24) is 10.6 Å². The smallest absolute Gasteiger partial charge is 0.338 e. The fourth-order valence-electron chi connectivity index (χ4n) is 2.63. The van der Waals surface area contributed by atoms with E-state index in [2.05, 4.69) is 10.6 Å². The van der Waals surface area contributed by atoms with E-state index in [1.807, 2.05) is 0 Å². The maximum absolute atomic E-state index is 12.5. The van der Waals surface area contributed by atoms with Gasteiger partial charge in [0.25, 0.3) is 0 Å². The van der Waals surface area contributed by atoms with Crippen LogP contribution in [-0.2, 0) is 9.53 Å². The predicted molar refractivity (Wildman–Crippen MR) is 92.6 cm³/mol. The molecule has 140 valence electrons. The topological polar surface area (TPSA) is 120 Å². The highest BCUT2D eigenvalue weighted by molar-refractivity contribution is 5.95. The van der Waals surface area contributed by atoms with Crippen molar-refractivity contribution in [3.05, 3.63) is 45.1 Å². The van der Waals surface area contributed by atoms with Crippen molar-refractivity contribution in [1.29, 1.82) is 0 Å². The number of ether oxygens (including phenoxy) is 2. The van der Waals surface area contributed by atoms with E-state index in [1.54, 1.807) is 33.8 Å². The summed E-state index contributed by atoms with van der Waals surface area (Å²) >= 11 is 0. The quantitative estimate of drug-likeness (QED) is 0.455. The molecule has 2 amide bonds. The van der Waals surface area contributed by atoms with Gasteiger partial charge in [-0.3, -0.25) is 10.1 Å². The minimum atomic E-state index is -0.871. The average molecular weight is 363 g/mol. The summed E-state index contributed by atoms with van der Waals surface area (Å²) in [5.74, 6) is -0.486. The highest BCUT2D eigenvalue weighted by Gasteiger charge is 2.34. The molecule has 2 N–H and O–H groups in total. The first-order chi connectivity index (χ1) is 12.2. The fraction of sp³-hybridized carbons (Fsp3) is 0.412. The first-order valence-electron chi connectivity index (χ1n) is 8.15. The lowest BCUT2D eigenvalue weighted by molar-refractivity contribution is -0.385. The molecule has 0 spiro atoms. The Morgan fingerprint density at radius 3 is 2.65 bits per heavy atom. The van der Waals surface area contributed by atoms with Gasteiger partial charge in [-0.2, -0.15) is 0 Å². The Kier molecular flexibility index (Phi) is 5.81. The number of nitrogens with one attached hydrogen (secondary N) is 2. The molecule has 1 atom stereocenters. The van der Waals surface area contributed by atoms with Gasteiger partial charge in [0.2, 0.25) is 0 Å². The van der Waals surface area contributed by atoms with Gasteiger partial charge in [-0.1, -0.05) is 6.07 Å². The first-order valence-corrected chi connectivity index (χ1v) is 8.15. The second kappa shape index (κ2) is 7.85. The number of nitrogens with zero attached hydrogens (tertiary/aromatic N) is 1. The molecule has 0 saturated carbocycles. The van der Waals surface area contributed by atoms with Gasteiger partial charge in [0.15, 0.2) is 5.75 Å². The summed E-state index contributed by atoms with van der Waals surface area (Å²) < 4.78 is 10.5. The molecular weight excluding hydrogens is 342 g/mol. The second-order valence-electron chi connectivity index (χ2n) is 5.94. The maximum atomic E-state index is 12.5. The Labute approximate surface area is 150 Å². The molecule has 9 heteroatoms. The van der Waals surface area contributed by atoms with Crippen LogP contribution in [0.1, 0.15) is 39.3 Å². The van der Waals surface area contributed by atoms with Crippen molar-refractivity contribution in [2.75, 3.05) is 6.61 Å². The average Bonchev–Trinajstić information content (AvgIpc) is 2.53. The van der Waals surface area contributed by atoms with E-state index in [9.17, 15) is 19.7 Å². The summed E-state index contributed by atoms with van der Waals surface area (Å²) in [7, 11) is 0. The number of hydrogen-bond donors (Lipinski definition) is 2. The molecule has 2 rings (SSSR count). The zero-order valence-electron chi connectivity index (χ0n) is 15.0. The summed E-state index contributed by atoms with van der Waals surface area (Å²) in [5, 5.41) is 16.5.